The van der Waals surface area contributed by atoms with Crippen LogP contribution in [0.25, 0.3) is 0 Å². The number of aromatic nitrogens is 2. The third kappa shape index (κ3) is 4.13. The topological polar surface area (TPSA) is 48.2 Å². The monoisotopic (exact) mass is 304 g/mol. The maximum atomic E-state index is 12.9. The van der Waals surface area contributed by atoms with Crippen molar-refractivity contribution < 1.29 is 13.5 Å². The normalized spacial score (nSPS) is 21.9. The lowest BCUT2D eigenvalue weighted by Gasteiger charge is -2.26. The second-order valence-electron chi connectivity index (χ2n) is 6.10. The Morgan fingerprint density at radius 1 is 1.18 bits per heavy atom. The summed E-state index contributed by atoms with van der Waals surface area (Å²) in [5.74, 6) is 1.53. The summed E-state index contributed by atoms with van der Waals surface area (Å²) in [4.78, 5) is 0. The molecule has 1 aromatic heterocycles. The summed E-state index contributed by atoms with van der Waals surface area (Å²) in [7, 11) is 0. The van der Waals surface area contributed by atoms with Crippen LogP contribution in [-0.4, -0.2) is 16.3 Å². The average molecular weight is 304 g/mol. The highest BCUT2D eigenvalue weighted by Crippen LogP contribution is 2.26. The van der Waals surface area contributed by atoms with E-state index in [1.807, 2.05) is 0 Å². The first kappa shape index (κ1) is 15.2. The molecule has 1 aromatic carbocycles. The van der Waals surface area contributed by atoms with Crippen LogP contribution in [0.3, 0.4) is 0 Å². The van der Waals surface area contributed by atoms with E-state index in [9.17, 15) is 4.39 Å². The Bertz CT molecular complexity index is 597. The smallest absolute Gasteiger partial charge is 0.242 e. The Morgan fingerprint density at radius 3 is 2.73 bits per heavy atom. The Labute approximate surface area is 129 Å². The van der Waals surface area contributed by atoms with Crippen LogP contribution in [0.1, 0.15) is 50.0 Å². The summed E-state index contributed by atoms with van der Waals surface area (Å²) >= 11 is 0. The highest BCUT2D eigenvalue weighted by atomic mass is 19.1. The van der Waals surface area contributed by atoms with Crippen molar-refractivity contribution in [2.45, 2.75) is 51.7 Å². The molecule has 2 atom stereocenters. The van der Waals surface area contributed by atoms with Gasteiger partial charge in [-0.05, 0) is 36.5 Å². The first-order chi connectivity index (χ1) is 10.7. The number of ether oxygens (including phenoxy) is 1. The predicted molar refractivity (Wildman–Crippen MR) is 79.7 cm³/mol. The van der Waals surface area contributed by atoms with Gasteiger partial charge in [-0.2, -0.15) is 0 Å². The van der Waals surface area contributed by atoms with Gasteiger partial charge in [0.1, 0.15) is 12.4 Å². The fraction of sp³-hybridized carbons (Fsp3) is 0.529. The fourth-order valence-electron chi connectivity index (χ4n) is 2.91. The molecule has 1 fully saturated rings. The standard InChI is InChI=1S/C17H21FN2O2/c1-12-3-2-4-15(9-12)21-11-17-20-19-16(22-17)10-13-5-7-14(18)8-6-13/h5-8,12,15H,2-4,9-11H2,1H3/t12-,15-/m0/s1. The molecule has 0 unspecified atom stereocenters. The lowest BCUT2D eigenvalue weighted by molar-refractivity contribution is -0.00489. The first-order valence-electron chi connectivity index (χ1n) is 7.86. The van der Waals surface area contributed by atoms with Gasteiger partial charge in [0.25, 0.3) is 0 Å². The quantitative estimate of drug-likeness (QED) is 0.840. The van der Waals surface area contributed by atoms with Crippen molar-refractivity contribution in [3.05, 3.63) is 47.4 Å². The number of benzene rings is 1. The molecule has 1 saturated carbocycles. The van der Waals surface area contributed by atoms with Gasteiger partial charge >= 0.3 is 0 Å². The minimum Gasteiger partial charge on any atom is -0.422 e. The number of hydrogen-bond donors (Lipinski definition) is 0. The zero-order valence-corrected chi connectivity index (χ0v) is 12.8. The molecule has 4 nitrogen and oxygen atoms in total. The first-order valence-corrected chi connectivity index (χ1v) is 7.86. The van der Waals surface area contributed by atoms with E-state index in [0.717, 1.165) is 24.3 Å². The highest BCUT2D eigenvalue weighted by molar-refractivity contribution is 5.18. The van der Waals surface area contributed by atoms with Crippen LogP contribution in [-0.2, 0) is 17.8 Å². The third-order valence-corrected chi connectivity index (χ3v) is 4.11. The molecule has 0 aliphatic heterocycles. The number of rotatable bonds is 5. The molecule has 1 aliphatic carbocycles. The molecule has 118 valence electrons. The summed E-state index contributed by atoms with van der Waals surface area (Å²) in [6.07, 6.45) is 5.55. The van der Waals surface area contributed by atoms with Crippen LogP contribution < -0.4 is 0 Å². The van der Waals surface area contributed by atoms with Gasteiger partial charge in [-0.15, -0.1) is 10.2 Å². The average Bonchev–Trinajstić information content (AvgIpc) is 2.95. The van der Waals surface area contributed by atoms with Crippen molar-refractivity contribution in [3.8, 4) is 0 Å². The number of hydrogen-bond acceptors (Lipinski definition) is 4. The van der Waals surface area contributed by atoms with E-state index < -0.39 is 0 Å². The summed E-state index contributed by atoms with van der Waals surface area (Å²) in [5, 5.41) is 8.04. The Kier molecular flexibility index (Phi) is 4.83. The lowest BCUT2D eigenvalue weighted by atomic mass is 9.89. The Hall–Kier alpha value is -1.75. The van der Waals surface area contributed by atoms with Gasteiger partial charge in [0.05, 0.1) is 12.5 Å². The molecule has 0 saturated heterocycles. The van der Waals surface area contributed by atoms with Gasteiger partial charge in [-0.3, -0.25) is 0 Å². The van der Waals surface area contributed by atoms with Gasteiger partial charge in [0.15, 0.2) is 0 Å². The molecule has 5 heteroatoms. The van der Waals surface area contributed by atoms with Gasteiger partial charge in [0.2, 0.25) is 11.8 Å². The minimum atomic E-state index is -0.245. The summed E-state index contributed by atoms with van der Waals surface area (Å²) < 4.78 is 24.3. The largest absolute Gasteiger partial charge is 0.422 e. The molecule has 0 amide bonds. The molecule has 0 bridgehead atoms. The van der Waals surface area contributed by atoms with Crippen LogP contribution in [0.4, 0.5) is 4.39 Å². The van der Waals surface area contributed by atoms with Crippen molar-refractivity contribution in [1.82, 2.24) is 10.2 Å². The van der Waals surface area contributed by atoms with E-state index in [-0.39, 0.29) is 5.82 Å². The van der Waals surface area contributed by atoms with Gasteiger partial charge in [-0.25, -0.2) is 4.39 Å². The van der Waals surface area contributed by atoms with E-state index in [1.54, 1.807) is 12.1 Å². The van der Waals surface area contributed by atoms with Crippen LogP contribution in [0, 0.1) is 11.7 Å². The van der Waals surface area contributed by atoms with Crippen LogP contribution in [0.5, 0.6) is 0 Å². The second-order valence-corrected chi connectivity index (χ2v) is 6.10. The van der Waals surface area contributed by atoms with E-state index in [1.165, 1.54) is 25.0 Å². The second kappa shape index (κ2) is 7.01. The van der Waals surface area contributed by atoms with E-state index >= 15 is 0 Å². The van der Waals surface area contributed by atoms with Gasteiger partial charge in [-0.1, -0.05) is 31.9 Å². The molecule has 3 rings (SSSR count). The summed E-state index contributed by atoms with van der Waals surface area (Å²) in [5.41, 5.74) is 0.943. The molecule has 2 aromatic rings. The maximum Gasteiger partial charge on any atom is 0.242 e. The maximum absolute atomic E-state index is 12.9. The molecule has 22 heavy (non-hydrogen) atoms. The molecular formula is C17H21FN2O2. The Balaban J connectivity index is 1.51. The molecular weight excluding hydrogens is 283 g/mol. The van der Waals surface area contributed by atoms with E-state index in [0.29, 0.717) is 30.9 Å². The number of halogens is 1. The van der Waals surface area contributed by atoms with Crippen molar-refractivity contribution in [1.29, 1.82) is 0 Å². The number of nitrogens with zero attached hydrogens (tertiary/aromatic N) is 2. The predicted octanol–water partition coefficient (Wildman–Crippen LogP) is 3.89. The highest BCUT2D eigenvalue weighted by Gasteiger charge is 2.20. The summed E-state index contributed by atoms with van der Waals surface area (Å²) in [6, 6.07) is 6.30. The van der Waals surface area contributed by atoms with Crippen LogP contribution in [0.15, 0.2) is 28.7 Å². The van der Waals surface area contributed by atoms with Crippen molar-refractivity contribution >= 4 is 0 Å². The van der Waals surface area contributed by atoms with Crippen LogP contribution >= 0.6 is 0 Å². The lowest BCUT2D eigenvalue weighted by Crippen LogP contribution is -2.21. The fourth-order valence-corrected chi connectivity index (χ4v) is 2.91. The summed E-state index contributed by atoms with van der Waals surface area (Å²) in [6.45, 7) is 2.64. The minimum absolute atomic E-state index is 0.245. The molecule has 1 heterocycles. The third-order valence-electron chi connectivity index (χ3n) is 4.11. The van der Waals surface area contributed by atoms with Gasteiger partial charge in [0, 0.05) is 0 Å². The molecule has 0 spiro atoms. The van der Waals surface area contributed by atoms with Crippen molar-refractivity contribution in [2.24, 2.45) is 5.92 Å². The molecule has 0 N–H and O–H groups in total. The van der Waals surface area contributed by atoms with Crippen LogP contribution in [0.2, 0.25) is 0 Å². The van der Waals surface area contributed by atoms with E-state index in [4.69, 9.17) is 9.15 Å². The Morgan fingerprint density at radius 2 is 1.95 bits per heavy atom. The van der Waals surface area contributed by atoms with Crippen molar-refractivity contribution in [2.75, 3.05) is 0 Å². The zero-order valence-electron chi connectivity index (χ0n) is 12.8. The van der Waals surface area contributed by atoms with Gasteiger partial charge < -0.3 is 9.15 Å². The molecule has 1 aliphatic rings. The zero-order chi connectivity index (χ0) is 15.4. The van der Waals surface area contributed by atoms with Crippen molar-refractivity contribution in [3.63, 3.8) is 0 Å². The SMILES string of the molecule is C[C@H]1CCC[C@H](OCc2nnc(Cc3ccc(F)cc3)o2)C1. The molecule has 0 radical (unpaired) electrons. The van der Waals surface area contributed by atoms with E-state index in [2.05, 4.69) is 17.1 Å².